The Balaban J connectivity index is 2.02. The van der Waals surface area contributed by atoms with Crippen LogP contribution in [0.2, 0.25) is 5.02 Å². The fraction of sp³-hybridized carbons (Fsp3) is 0.238. The number of nitrogens with one attached hydrogen (secondary N) is 1. The molecule has 0 aromatic heterocycles. The van der Waals surface area contributed by atoms with Gasteiger partial charge in [-0.1, -0.05) is 23.7 Å². The lowest BCUT2D eigenvalue weighted by molar-refractivity contribution is -0.129. The molecule has 1 N–H and O–H groups in total. The van der Waals surface area contributed by atoms with Gasteiger partial charge in [0.05, 0.1) is 31.0 Å². The van der Waals surface area contributed by atoms with Crippen LogP contribution in [0.5, 0.6) is 11.5 Å². The maximum atomic E-state index is 12.4. The number of hydrogen-bond donors (Lipinski definition) is 1. The normalized spacial score (nSPS) is 10.7. The van der Waals surface area contributed by atoms with E-state index >= 15 is 0 Å². The second-order valence-electron chi connectivity index (χ2n) is 6.02. The van der Waals surface area contributed by atoms with E-state index < -0.39 is 0 Å². The van der Waals surface area contributed by atoms with Crippen LogP contribution in [-0.2, 0) is 9.59 Å². The zero-order chi connectivity index (χ0) is 21.4. The van der Waals surface area contributed by atoms with Crippen LogP contribution in [0.3, 0.4) is 0 Å². The summed E-state index contributed by atoms with van der Waals surface area (Å²) in [7, 11) is 3.07. The quantitative estimate of drug-likeness (QED) is 0.559. The first-order chi connectivity index (χ1) is 13.8. The number of ether oxygens (including phenoxy) is 2. The van der Waals surface area contributed by atoms with Gasteiger partial charge in [0.2, 0.25) is 11.8 Å². The summed E-state index contributed by atoms with van der Waals surface area (Å²) in [5.74, 6) is 0.318. The molecule has 2 aromatic rings. The van der Waals surface area contributed by atoms with Gasteiger partial charge in [-0.3, -0.25) is 9.59 Å². The van der Waals surface area contributed by atoms with Crippen LogP contribution in [0.25, 0.3) is 6.08 Å². The lowest BCUT2D eigenvalue weighted by Gasteiger charge is -2.15. The number of amides is 2. The molecule has 0 aliphatic carbocycles. The standard InChI is InChI=1S/C21H22BrClN2O4/c1-4-29-18-12-14(11-16(23)21(18)28-3)9-10-20(27)25(2)13-19(26)24-17-8-6-5-7-15(17)22/h5-12H,4,13H2,1-3H3,(H,24,26)/b10-9+. The van der Waals surface area contributed by atoms with Crippen LogP contribution in [0.1, 0.15) is 12.5 Å². The largest absolute Gasteiger partial charge is 0.491 e. The Morgan fingerprint density at radius 3 is 2.66 bits per heavy atom. The van der Waals surface area contributed by atoms with E-state index in [0.717, 1.165) is 4.47 Å². The predicted octanol–water partition coefficient (Wildman–Crippen LogP) is 4.62. The van der Waals surface area contributed by atoms with Gasteiger partial charge < -0.3 is 19.7 Å². The minimum absolute atomic E-state index is 0.0852. The van der Waals surface area contributed by atoms with E-state index in [9.17, 15) is 9.59 Å². The Bertz CT molecular complexity index is 918. The van der Waals surface area contributed by atoms with Gasteiger partial charge in [0, 0.05) is 17.6 Å². The SMILES string of the molecule is CCOc1cc(/C=C/C(=O)N(C)CC(=O)Nc2ccccc2Br)cc(Cl)c1OC. The number of rotatable bonds is 8. The maximum absolute atomic E-state index is 12.4. The smallest absolute Gasteiger partial charge is 0.246 e. The third-order valence-corrected chi connectivity index (χ3v) is 4.83. The molecule has 2 rings (SSSR count). The first kappa shape index (κ1) is 22.8. The molecule has 0 bridgehead atoms. The van der Waals surface area contributed by atoms with E-state index in [2.05, 4.69) is 21.2 Å². The molecular weight excluding hydrogens is 460 g/mol. The molecule has 0 fully saturated rings. The molecule has 0 aliphatic rings. The maximum Gasteiger partial charge on any atom is 0.246 e. The summed E-state index contributed by atoms with van der Waals surface area (Å²) in [4.78, 5) is 25.9. The first-order valence-electron chi connectivity index (χ1n) is 8.83. The zero-order valence-electron chi connectivity index (χ0n) is 16.4. The van der Waals surface area contributed by atoms with Crippen LogP contribution < -0.4 is 14.8 Å². The van der Waals surface area contributed by atoms with Crippen molar-refractivity contribution in [3.05, 3.63) is 57.5 Å². The molecule has 0 spiro atoms. The van der Waals surface area contributed by atoms with E-state index in [-0.39, 0.29) is 18.4 Å². The van der Waals surface area contributed by atoms with E-state index in [1.54, 1.807) is 31.3 Å². The highest BCUT2D eigenvalue weighted by atomic mass is 79.9. The van der Waals surface area contributed by atoms with Crippen molar-refractivity contribution < 1.29 is 19.1 Å². The lowest BCUT2D eigenvalue weighted by Crippen LogP contribution is -2.33. The number of anilines is 1. The van der Waals surface area contributed by atoms with Crippen molar-refractivity contribution in [1.29, 1.82) is 0 Å². The molecule has 2 aromatic carbocycles. The van der Waals surface area contributed by atoms with Crippen molar-refractivity contribution >= 4 is 51.1 Å². The summed E-state index contributed by atoms with van der Waals surface area (Å²) in [6.07, 6.45) is 2.98. The Hall–Kier alpha value is -2.51. The van der Waals surface area contributed by atoms with Gasteiger partial charge in [0.1, 0.15) is 0 Å². The molecule has 2 amide bonds. The average Bonchev–Trinajstić information content (AvgIpc) is 2.68. The van der Waals surface area contributed by atoms with E-state index in [0.29, 0.717) is 34.4 Å². The Labute approximate surface area is 183 Å². The highest BCUT2D eigenvalue weighted by Crippen LogP contribution is 2.36. The summed E-state index contributed by atoms with van der Waals surface area (Å²) in [6.45, 7) is 2.22. The molecule has 0 saturated heterocycles. The van der Waals surface area contributed by atoms with Crippen molar-refractivity contribution in [3.8, 4) is 11.5 Å². The monoisotopic (exact) mass is 480 g/mol. The fourth-order valence-corrected chi connectivity index (χ4v) is 3.17. The molecule has 8 heteroatoms. The van der Waals surface area contributed by atoms with Crippen LogP contribution in [0.4, 0.5) is 5.69 Å². The Kier molecular flexibility index (Phi) is 8.54. The van der Waals surface area contributed by atoms with Crippen molar-refractivity contribution in [2.45, 2.75) is 6.92 Å². The van der Waals surface area contributed by atoms with Crippen LogP contribution in [0, 0.1) is 0 Å². The minimum atomic E-state index is -0.322. The molecule has 0 unspecified atom stereocenters. The van der Waals surface area contributed by atoms with Crippen molar-refractivity contribution in [2.24, 2.45) is 0 Å². The van der Waals surface area contributed by atoms with Crippen LogP contribution in [0.15, 0.2) is 46.9 Å². The summed E-state index contributed by atoms with van der Waals surface area (Å²) < 4.78 is 11.5. The third-order valence-electron chi connectivity index (χ3n) is 3.86. The van der Waals surface area contributed by atoms with Gasteiger partial charge in [-0.15, -0.1) is 0 Å². The van der Waals surface area contributed by atoms with Crippen LogP contribution >= 0.6 is 27.5 Å². The van der Waals surface area contributed by atoms with Crippen molar-refractivity contribution in [2.75, 3.05) is 32.6 Å². The molecule has 0 saturated carbocycles. The number of para-hydroxylation sites is 1. The molecule has 6 nitrogen and oxygen atoms in total. The number of halogens is 2. The molecule has 0 radical (unpaired) electrons. The Morgan fingerprint density at radius 1 is 1.28 bits per heavy atom. The van der Waals surface area contributed by atoms with Gasteiger partial charge in [-0.25, -0.2) is 0 Å². The fourth-order valence-electron chi connectivity index (χ4n) is 2.49. The van der Waals surface area contributed by atoms with E-state index in [1.165, 1.54) is 18.1 Å². The number of likely N-dealkylation sites (N-methyl/N-ethyl adjacent to an activating group) is 1. The van der Waals surface area contributed by atoms with Crippen molar-refractivity contribution in [3.63, 3.8) is 0 Å². The highest BCUT2D eigenvalue weighted by Gasteiger charge is 2.13. The number of methoxy groups -OCH3 is 1. The number of hydrogen-bond acceptors (Lipinski definition) is 4. The van der Waals surface area contributed by atoms with E-state index in [4.69, 9.17) is 21.1 Å². The number of nitrogens with zero attached hydrogens (tertiary/aromatic N) is 1. The molecule has 0 aliphatic heterocycles. The number of benzene rings is 2. The third kappa shape index (κ3) is 6.51. The summed E-state index contributed by atoms with van der Waals surface area (Å²) in [5, 5.41) is 3.14. The average molecular weight is 482 g/mol. The van der Waals surface area contributed by atoms with Gasteiger partial charge in [-0.2, -0.15) is 0 Å². The van der Waals surface area contributed by atoms with E-state index in [1.807, 2.05) is 25.1 Å². The molecule has 29 heavy (non-hydrogen) atoms. The van der Waals surface area contributed by atoms with Crippen LogP contribution in [-0.4, -0.2) is 44.0 Å². The van der Waals surface area contributed by atoms with Gasteiger partial charge in [-0.05, 0) is 58.8 Å². The second kappa shape index (κ2) is 10.9. The highest BCUT2D eigenvalue weighted by molar-refractivity contribution is 9.10. The molecular formula is C21H22BrClN2O4. The second-order valence-corrected chi connectivity index (χ2v) is 7.28. The number of carbonyl (C=O) groups excluding carboxylic acids is 2. The Morgan fingerprint density at radius 2 is 2.00 bits per heavy atom. The van der Waals surface area contributed by atoms with Gasteiger partial charge in [0.15, 0.2) is 11.5 Å². The predicted molar refractivity (Wildman–Crippen MR) is 119 cm³/mol. The lowest BCUT2D eigenvalue weighted by atomic mass is 10.2. The summed E-state index contributed by atoms with van der Waals surface area (Å²) >= 11 is 9.58. The topological polar surface area (TPSA) is 67.9 Å². The summed E-state index contributed by atoms with van der Waals surface area (Å²) in [5.41, 5.74) is 1.32. The molecule has 0 heterocycles. The van der Waals surface area contributed by atoms with Gasteiger partial charge >= 0.3 is 0 Å². The first-order valence-corrected chi connectivity index (χ1v) is 10.0. The summed E-state index contributed by atoms with van der Waals surface area (Å²) in [6, 6.07) is 10.7. The number of carbonyl (C=O) groups is 2. The molecule has 0 atom stereocenters. The minimum Gasteiger partial charge on any atom is -0.491 e. The molecule has 154 valence electrons. The van der Waals surface area contributed by atoms with Gasteiger partial charge in [0.25, 0.3) is 0 Å². The zero-order valence-corrected chi connectivity index (χ0v) is 18.7. The van der Waals surface area contributed by atoms with Crippen molar-refractivity contribution in [1.82, 2.24) is 4.90 Å².